The van der Waals surface area contributed by atoms with Gasteiger partial charge in [0.15, 0.2) is 0 Å². The molecule has 0 N–H and O–H groups in total. The Bertz CT molecular complexity index is 726. The van der Waals surface area contributed by atoms with Gasteiger partial charge in [0.05, 0.1) is 12.2 Å². The number of carbonyl (C=O) groups is 2. The summed E-state index contributed by atoms with van der Waals surface area (Å²) in [4.78, 5) is 28.3. The topological polar surface area (TPSA) is 59.1 Å². The van der Waals surface area contributed by atoms with Gasteiger partial charge in [0.25, 0.3) is 0 Å². The predicted octanol–water partition coefficient (Wildman–Crippen LogP) is 5.45. The first-order valence-corrected chi connectivity index (χ1v) is 11.3. The Morgan fingerprint density at radius 2 is 1.71 bits per heavy atom. The number of nitrogens with zero attached hydrogens (tertiary/aromatic N) is 2. The van der Waals surface area contributed by atoms with E-state index in [1.165, 1.54) is 0 Å². The van der Waals surface area contributed by atoms with Crippen LogP contribution in [0.1, 0.15) is 57.8 Å². The summed E-state index contributed by atoms with van der Waals surface area (Å²) in [6, 6.07) is 7.43. The maximum atomic E-state index is 12.5. The Hall–Kier alpha value is -2.76. The molecule has 6 heteroatoms. The van der Waals surface area contributed by atoms with E-state index in [0.29, 0.717) is 31.9 Å². The number of esters is 1. The van der Waals surface area contributed by atoms with Gasteiger partial charge in [-0.25, -0.2) is 9.59 Å². The maximum Gasteiger partial charge on any atom is 0.410 e. The van der Waals surface area contributed by atoms with E-state index in [1.54, 1.807) is 24.0 Å². The van der Waals surface area contributed by atoms with E-state index in [-0.39, 0.29) is 12.1 Å². The first kappa shape index (κ1) is 26.3. The summed E-state index contributed by atoms with van der Waals surface area (Å²) in [7, 11) is 0. The van der Waals surface area contributed by atoms with Crippen LogP contribution in [-0.4, -0.2) is 56.4 Å². The van der Waals surface area contributed by atoms with Gasteiger partial charge in [0.2, 0.25) is 0 Å². The van der Waals surface area contributed by atoms with Crippen LogP contribution in [0.5, 0.6) is 0 Å². The molecule has 0 aromatic heterocycles. The molecule has 2 rings (SSSR count). The summed E-state index contributed by atoms with van der Waals surface area (Å²) in [6.07, 6.45) is 7.49. The summed E-state index contributed by atoms with van der Waals surface area (Å²) in [6.45, 7) is 13.3. The number of allylic oxidation sites excluding steroid dienone is 2. The van der Waals surface area contributed by atoms with E-state index in [0.717, 1.165) is 37.2 Å². The maximum absolute atomic E-state index is 12.5. The largest absolute Gasteiger partial charge is 0.462 e. The predicted molar refractivity (Wildman–Crippen MR) is 127 cm³/mol. The van der Waals surface area contributed by atoms with E-state index in [1.807, 2.05) is 45.1 Å². The van der Waals surface area contributed by atoms with E-state index in [2.05, 4.69) is 17.9 Å². The van der Waals surface area contributed by atoms with Crippen molar-refractivity contribution in [1.29, 1.82) is 0 Å². The van der Waals surface area contributed by atoms with Gasteiger partial charge in [-0.15, -0.1) is 0 Å². The zero-order valence-corrected chi connectivity index (χ0v) is 19.7. The average Bonchev–Trinajstić information content (AvgIpc) is 3.06. The first-order valence-electron chi connectivity index (χ1n) is 11.3. The Balaban J connectivity index is 0.00000233. The van der Waals surface area contributed by atoms with Crippen LogP contribution in [0.3, 0.4) is 0 Å². The molecule has 0 unspecified atom stereocenters. The highest BCUT2D eigenvalue weighted by Gasteiger charge is 2.20. The van der Waals surface area contributed by atoms with E-state index >= 15 is 0 Å². The minimum Gasteiger partial charge on any atom is -0.462 e. The SMILES string of the molecule is C/C=C\C(=C/CC)COC(=O)N1CCCN(c2ccc(C(=O)OCC)cc2)CC1.CC. The van der Waals surface area contributed by atoms with Crippen LogP contribution in [-0.2, 0) is 9.47 Å². The smallest absolute Gasteiger partial charge is 0.410 e. The Morgan fingerprint density at radius 3 is 2.32 bits per heavy atom. The number of anilines is 1. The summed E-state index contributed by atoms with van der Waals surface area (Å²) in [5.74, 6) is -0.307. The number of benzene rings is 1. The Morgan fingerprint density at radius 1 is 1.00 bits per heavy atom. The van der Waals surface area contributed by atoms with Crippen molar-refractivity contribution in [3.8, 4) is 0 Å². The van der Waals surface area contributed by atoms with Gasteiger partial charge in [-0.05, 0) is 56.5 Å². The molecule has 1 aliphatic rings. The van der Waals surface area contributed by atoms with Crippen LogP contribution in [0.2, 0.25) is 0 Å². The van der Waals surface area contributed by atoms with Gasteiger partial charge >= 0.3 is 12.1 Å². The fourth-order valence-electron chi connectivity index (χ4n) is 3.27. The van der Waals surface area contributed by atoms with Crippen molar-refractivity contribution in [2.24, 2.45) is 0 Å². The van der Waals surface area contributed by atoms with Crippen LogP contribution in [0.4, 0.5) is 10.5 Å². The second-order valence-electron chi connectivity index (χ2n) is 6.84. The molecule has 1 aliphatic heterocycles. The molecular weight excluding hydrogens is 392 g/mol. The lowest BCUT2D eigenvalue weighted by molar-refractivity contribution is 0.0526. The van der Waals surface area contributed by atoms with Crippen molar-refractivity contribution >= 4 is 17.7 Å². The molecule has 6 nitrogen and oxygen atoms in total. The summed E-state index contributed by atoms with van der Waals surface area (Å²) < 4.78 is 10.5. The Labute approximate surface area is 187 Å². The highest BCUT2D eigenvalue weighted by molar-refractivity contribution is 5.89. The molecule has 0 saturated carbocycles. The van der Waals surface area contributed by atoms with Crippen LogP contribution in [0, 0.1) is 0 Å². The van der Waals surface area contributed by atoms with Crippen LogP contribution >= 0.6 is 0 Å². The fraction of sp³-hybridized carbons (Fsp3) is 0.520. The second-order valence-corrected chi connectivity index (χ2v) is 6.84. The number of ether oxygens (including phenoxy) is 2. The number of amides is 1. The summed E-state index contributed by atoms with van der Waals surface area (Å²) in [5, 5.41) is 0. The molecule has 0 spiro atoms. The van der Waals surface area contributed by atoms with Crippen molar-refractivity contribution < 1.29 is 19.1 Å². The highest BCUT2D eigenvalue weighted by atomic mass is 16.6. The molecule has 172 valence electrons. The lowest BCUT2D eigenvalue weighted by atomic mass is 10.2. The number of hydrogen-bond acceptors (Lipinski definition) is 5. The molecule has 0 radical (unpaired) electrons. The van der Waals surface area contributed by atoms with Crippen LogP contribution < -0.4 is 4.90 Å². The van der Waals surface area contributed by atoms with Gasteiger partial charge in [-0.3, -0.25) is 0 Å². The zero-order chi connectivity index (χ0) is 23.1. The first-order chi connectivity index (χ1) is 15.1. The second kappa shape index (κ2) is 15.1. The van der Waals surface area contributed by atoms with Crippen LogP contribution in [0.25, 0.3) is 0 Å². The molecule has 0 bridgehead atoms. The Kier molecular flexibility index (Phi) is 12.8. The minimum absolute atomic E-state index is 0.268. The lowest BCUT2D eigenvalue weighted by Crippen LogP contribution is -2.35. The third-order valence-corrected chi connectivity index (χ3v) is 4.71. The lowest BCUT2D eigenvalue weighted by Gasteiger charge is -2.23. The van der Waals surface area contributed by atoms with E-state index in [9.17, 15) is 9.59 Å². The van der Waals surface area contributed by atoms with Crippen molar-refractivity contribution in [2.45, 2.75) is 47.5 Å². The third-order valence-electron chi connectivity index (χ3n) is 4.71. The van der Waals surface area contributed by atoms with E-state index in [4.69, 9.17) is 9.47 Å². The van der Waals surface area contributed by atoms with Gasteiger partial charge in [0, 0.05) is 31.9 Å². The normalized spacial score (nSPS) is 14.5. The number of hydrogen-bond donors (Lipinski definition) is 0. The summed E-state index contributed by atoms with van der Waals surface area (Å²) in [5.41, 5.74) is 2.60. The van der Waals surface area contributed by atoms with Gasteiger partial charge in [-0.1, -0.05) is 39.0 Å². The monoisotopic (exact) mass is 430 g/mol. The van der Waals surface area contributed by atoms with Crippen molar-refractivity contribution in [3.05, 3.63) is 53.6 Å². The molecule has 1 amide bonds. The van der Waals surface area contributed by atoms with Gasteiger partial charge < -0.3 is 19.3 Å². The van der Waals surface area contributed by atoms with Crippen LogP contribution in [0.15, 0.2) is 48.1 Å². The molecule has 1 saturated heterocycles. The molecule has 31 heavy (non-hydrogen) atoms. The van der Waals surface area contributed by atoms with Gasteiger partial charge in [0.1, 0.15) is 6.61 Å². The minimum atomic E-state index is -0.307. The zero-order valence-electron chi connectivity index (χ0n) is 19.7. The average molecular weight is 431 g/mol. The van der Waals surface area contributed by atoms with E-state index < -0.39 is 0 Å². The standard InChI is InChI=1S/C23H32N2O4.C2H6/c1-4-8-19(9-5-2)18-29-23(27)25-15-7-14-24(16-17-25)21-12-10-20(11-13-21)22(26)28-6-3;1-2/h4,8-13H,5-7,14-18H2,1-3H3;1-2H3/b8-4-,19-9+;. The molecule has 1 heterocycles. The third kappa shape index (κ3) is 8.87. The van der Waals surface area contributed by atoms with Crippen molar-refractivity contribution in [2.75, 3.05) is 44.3 Å². The fourth-order valence-corrected chi connectivity index (χ4v) is 3.27. The highest BCUT2D eigenvalue weighted by Crippen LogP contribution is 2.18. The molecular formula is C25H38N2O4. The van der Waals surface area contributed by atoms with Gasteiger partial charge in [-0.2, -0.15) is 0 Å². The van der Waals surface area contributed by atoms with Crippen molar-refractivity contribution in [1.82, 2.24) is 4.90 Å². The molecule has 1 aromatic carbocycles. The quantitative estimate of drug-likeness (QED) is 0.425. The number of rotatable bonds is 7. The molecule has 0 aliphatic carbocycles. The molecule has 1 aromatic rings. The van der Waals surface area contributed by atoms with Crippen molar-refractivity contribution in [3.63, 3.8) is 0 Å². The summed E-state index contributed by atoms with van der Waals surface area (Å²) >= 11 is 0. The number of carbonyl (C=O) groups excluding carboxylic acids is 2. The molecule has 0 atom stereocenters. The molecule has 1 fully saturated rings.